The van der Waals surface area contributed by atoms with Gasteiger partial charge in [-0.15, -0.1) is 0 Å². The SMILES string of the molecule is CCc1ccc(NC(=O)c2ccc(Nc3cccc(C(C)=O)c3)cn2)cc1. The van der Waals surface area contributed by atoms with Gasteiger partial charge in [0.2, 0.25) is 0 Å². The number of benzene rings is 2. The Bertz CT molecular complexity index is 948. The molecule has 136 valence electrons. The molecule has 2 aromatic carbocycles. The smallest absolute Gasteiger partial charge is 0.274 e. The zero-order valence-electron chi connectivity index (χ0n) is 15.3. The van der Waals surface area contributed by atoms with E-state index in [-0.39, 0.29) is 11.7 Å². The topological polar surface area (TPSA) is 71.1 Å². The van der Waals surface area contributed by atoms with Gasteiger partial charge in [0, 0.05) is 16.9 Å². The van der Waals surface area contributed by atoms with E-state index in [0.717, 1.165) is 23.5 Å². The van der Waals surface area contributed by atoms with Gasteiger partial charge in [0.25, 0.3) is 5.91 Å². The number of pyridine rings is 1. The van der Waals surface area contributed by atoms with Crippen molar-refractivity contribution >= 4 is 28.8 Å². The fourth-order valence-electron chi connectivity index (χ4n) is 2.60. The molecule has 0 saturated carbocycles. The summed E-state index contributed by atoms with van der Waals surface area (Å²) in [6.45, 7) is 3.62. The Kier molecular flexibility index (Phi) is 5.61. The Morgan fingerprint density at radius 3 is 2.30 bits per heavy atom. The molecule has 0 bridgehead atoms. The molecule has 3 rings (SSSR count). The maximum atomic E-state index is 12.3. The third kappa shape index (κ3) is 4.79. The average molecular weight is 359 g/mol. The molecule has 0 spiro atoms. The summed E-state index contributed by atoms with van der Waals surface area (Å²) in [5.41, 5.74) is 4.45. The Balaban J connectivity index is 1.66. The summed E-state index contributed by atoms with van der Waals surface area (Å²) in [6.07, 6.45) is 2.55. The van der Waals surface area contributed by atoms with E-state index in [9.17, 15) is 9.59 Å². The zero-order valence-corrected chi connectivity index (χ0v) is 15.3. The van der Waals surface area contributed by atoms with Crippen molar-refractivity contribution in [2.45, 2.75) is 20.3 Å². The van der Waals surface area contributed by atoms with Crippen molar-refractivity contribution in [3.8, 4) is 0 Å². The van der Waals surface area contributed by atoms with Gasteiger partial charge in [0.05, 0.1) is 11.9 Å². The monoisotopic (exact) mass is 359 g/mol. The molecule has 0 unspecified atom stereocenters. The Hall–Kier alpha value is -3.47. The number of hydrogen-bond donors (Lipinski definition) is 2. The molecule has 0 atom stereocenters. The fourth-order valence-corrected chi connectivity index (χ4v) is 2.60. The van der Waals surface area contributed by atoms with Gasteiger partial charge in [-0.05, 0) is 55.3 Å². The van der Waals surface area contributed by atoms with Crippen LogP contribution in [-0.2, 0) is 6.42 Å². The number of amides is 1. The maximum Gasteiger partial charge on any atom is 0.274 e. The molecule has 0 fully saturated rings. The number of ketones is 1. The van der Waals surface area contributed by atoms with Crippen LogP contribution in [0.3, 0.4) is 0 Å². The second-order valence-corrected chi connectivity index (χ2v) is 6.20. The van der Waals surface area contributed by atoms with Gasteiger partial charge in [-0.1, -0.05) is 31.2 Å². The highest BCUT2D eigenvalue weighted by molar-refractivity contribution is 6.03. The molecular formula is C22H21N3O2. The van der Waals surface area contributed by atoms with E-state index < -0.39 is 0 Å². The van der Waals surface area contributed by atoms with Crippen molar-refractivity contribution in [2.75, 3.05) is 10.6 Å². The molecule has 3 aromatic rings. The van der Waals surface area contributed by atoms with Gasteiger partial charge in [-0.25, -0.2) is 4.98 Å². The predicted molar refractivity (Wildman–Crippen MR) is 108 cm³/mol. The summed E-state index contributed by atoms with van der Waals surface area (Å²) in [5, 5.41) is 6.02. The molecule has 0 saturated heterocycles. The van der Waals surface area contributed by atoms with Crippen LogP contribution in [-0.4, -0.2) is 16.7 Å². The molecule has 0 aliphatic carbocycles. The van der Waals surface area contributed by atoms with Crippen LogP contribution in [0.4, 0.5) is 17.1 Å². The van der Waals surface area contributed by atoms with Gasteiger partial charge in [-0.2, -0.15) is 0 Å². The number of aryl methyl sites for hydroxylation is 1. The highest BCUT2D eigenvalue weighted by Gasteiger charge is 2.08. The van der Waals surface area contributed by atoms with E-state index in [1.807, 2.05) is 36.4 Å². The van der Waals surface area contributed by atoms with E-state index in [1.165, 1.54) is 12.5 Å². The van der Waals surface area contributed by atoms with Crippen molar-refractivity contribution in [1.29, 1.82) is 0 Å². The average Bonchev–Trinajstić information content (AvgIpc) is 2.69. The Morgan fingerprint density at radius 2 is 1.67 bits per heavy atom. The molecule has 1 aromatic heterocycles. The lowest BCUT2D eigenvalue weighted by Crippen LogP contribution is -2.13. The summed E-state index contributed by atoms with van der Waals surface area (Å²) in [5.74, 6) is -0.250. The number of anilines is 3. The van der Waals surface area contributed by atoms with Gasteiger partial charge in [-0.3, -0.25) is 9.59 Å². The minimum absolute atomic E-state index is 0.00997. The number of carbonyl (C=O) groups is 2. The van der Waals surface area contributed by atoms with Crippen LogP contribution in [0, 0.1) is 0 Å². The van der Waals surface area contributed by atoms with Crippen LogP contribution in [0.25, 0.3) is 0 Å². The molecule has 5 heteroatoms. The summed E-state index contributed by atoms with van der Waals surface area (Å²) in [7, 11) is 0. The number of nitrogens with zero attached hydrogens (tertiary/aromatic N) is 1. The lowest BCUT2D eigenvalue weighted by atomic mass is 10.1. The van der Waals surface area contributed by atoms with Crippen LogP contribution in [0.5, 0.6) is 0 Å². The first-order valence-corrected chi connectivity index (χ1v) is 8.79. The minimum atomic E-state index is -0.260. The first-order valence-electron chi connectivity index (χ1n) is 8.79. The van der Waals surface area contributed by atoms with Crippen LogP contribution in [0.15, 0.2) is 66.9 Å². The molecule has 0 aliphatic heterocycles. The number of nitrogens with one attached hydrogen (secondary N) is 2. The van der Waals surface area contributed by atoms with E-state index in [0.29, 0.717) is 11.3 Å². The van der Waals surface area contributed by atoms with Crippen LogP contribution >= 0.6 is 0 Å². The molecule has 5 nitrogen and oxygen atoms in total. The number of aromatic nitrogens is 1. The molecule has 1 heterocycles. The second kappa shape index (κ2) is 8.27. The van der Waals surface area contributed by atoms with Crippen LogP contribution in [0.1, 0.15) is 40.3 Å². The molecule has 1 amide bonds. The predicted octanol–water partition coefficient (Wildman–Crippen LogP) is 4.84. The van der Waals surface area contributed by atoms with Crippen molar-refractivity contribution in [1.82, 2.24) is 4.98 Å². The Labute approximate surface area is 158 Å². The fraction of sp³-hybridized carbons (Fsp3) is 0.136. The zero-order chi connectivity index (χ0) is 19.2. The van der Waals surface area contributed by atoms with Crippen molar-refractivity contribution in [3.05, 3.63) is 83.7 Å². The summed E-state index contributed by atoms with van der Waals surface area (Å²) >= 11 is 0. The molecule has 27 heavy (non-hydrogen) atoms. The second-order valence-electron chi connectivity index (χ2n) is 6.20. The quantitative estimate of drug-likeness (QED) is 0.618. The minimum Gasteiger partial charge on any atom is -0.354 e. The number of carbonyl (C=O) groups excluding carboxylic acids is 2. The first-order chi connectivity index (χ1) is 13.0. The molecule has 0 radical (unpaired) electrons. The van der Waals surface area contributed by atoms with E-state index >= 15 is 0 Å². The molecule has 0 aliphatic rings. The lowest BCUT2D eigenvalue weighted by molar-refractivity contribution is 0.101. The number of rotatable bonds is 6. The van der Waals surface area contributed by atoms with Gasteiger partial charge >= 0.3 is 0 Å². The van der Waals surface area contributed by atoms with Crippen LogP contribution in [0.2, 0.25) is 0 Å². The normalized spacial score (nSPS) is 10.3. The molecule has 2 N–H and O–H groups in total. The standard InChI is InChI=1S/C22H21N3O2/c1-3-16-7-9-18(10-8-16)25-22(27)21-12-11-20(14-23-21)24-19-6-4-5-17(13-19)15(2)26/h4-14,24H,3H2,1-2H3,(H,25,27). The molecular weight excluding hydrogens is 338 g/mol. The highest BCUT2D eigenvalue weighted by atomic mass is 16.2. The van der Waals surface area contributed by atoms with Gasteiger partial charge in [0.15, 0.2) is 5.78 Å². The Morgan fingerprint density at radius 1 is 0.926 bits per heavy atom. The number of hydrogen-bond acceptors (Lipinski definition) is 4. The highest BCUT2D eigenvalue weighted by Crippen LogP contribution is 2.18. The van der Waals surface area contributed by atoms with E-state index in [2.05, 4.69) is 22.5 Å². The summed E-state index contributed by atoms with van der Waals surface area (Å²) < 4.78 is 0. The summed E-state index contributed by atoms with van der Waals surface area (Å²) in [6, 6.07) is 18.4. The summed E-state index contributed by atoms with van der Waals surface area (Å²) in [4.78, 5) is 28.0. The van der Waals surface area contributed by atoms with Crippen LogP contribution < -0.4 is 10.6 Å². The van der Waals surface area contributed by atoms with E-state index in [1.54, 1.807) is 30.5 Å². The first kappa shape index (κ1) is 18.3. The van der Waals surface area contributed by atoms with Crippen molar-refractivity contribution in [2.24, 2.45) is 0 Å². The number of Topliss-reactive ketones (excluding diaryl/α,β-unsaturated/α-hetero) is 1. The third-order valence-electron chi connectivity index (χ3n) is 4.17. The third-order valence-corrected chi connectivity index (χ3v) is 4.17. The largest absolute Gasteiger partial charge is 0.354 e. The van der Waals surface area contributed by atoms with Gasteiger partial charge < -0.3 is 10.6 Å². The lowest BCUT2D eigenvalue weighted by Gasteiger charge is -2.09. The van der Waals surface area contributed by atoms with Crippen molar-refractivity contribution < 1.29 is 9.59 Å². The van der Waals surface area contributed by atoms with Crippen molar-refractivity contribution in [3.63, 3.8) is 0 Å². The van der Waals surface area contributed by atoms with Gasteiger partial charge in [0.1, 0.15) is 5.69 Å². The maximum absolute atomic E-state index is 12.3. The van der Waals surface area contributed by atoms with E-state index in [4.69, 9.17) is 0 Å².